The Morgan fingerprint density at radius 3 is 1.07 bits per heavy atom. The minimum atomic E-state index is -0.776. The average molecular weight is 799 g/mol. The van der Waals surface area contributed by atoms with Crippen molar-refractivity contribution < 1.29 is 28.6 Å². The smallest absolute Gasteiger partial charge is 0.306 e. The Morgan fingerprint density at radius 2 is 0.684 bits per heavy atom. The van der Waals surface area contributed by atoms with Gasteiger partial charge < -0.3 is 14.2 Å². The van der Waals surface area contributed by atoms with Gasteiger partial charge in [-0.2, -0.15) is 0 Å². The van der Waals surface area contributed by atoms with E-state index in [1.165, 1.54) is 103 Å². The lowest BCUT2D eigenvalue weighted by atomic mass is 10.1. The first kappa shape index (κ1) is 54.4. The molecule has 6 heteroatoms. The highest BCUT2D eigenvalue weighted by atomic mass is 16.6. The van der Waals surface area contributed by atoms with Crippen molar-refractivity contribution in [3.63, 3.8) is 0 Å². The number of allylic oxidation sites excluding steroid dienone is 8. The topological polar surface area (TPSA) is 78.9 Å². The van der Waals surface area contributed by atoms with Gasteiger partial charge in [0.1, 0.15) is 13.2 Å². The van der Waals surface area contributed by atoms with Crippen molar-refractivity contribution in [1.82, 2.24) is 0 Å². The molecule has 0 fully saturated rings. The fraction of sp³-hybridized carbons (Fsp3) is 0.784. The van der Waals surface area contributed by atoms with Crippen molar-refractivity contribution in [2.75, 3.05) is 13.2 Å². The van der Waals surface area contributed by atoms with Crippen molar-refractivity contribution in [1.29, 1.82) is 0 Å². The molecule has 0 aromatic rings. The summed E-state index contributed by atoms with van der Waals surface area (Å²) in [6, 6.07) is 0. The van der Waals surface area contributed by atoms with E-state index in [0.717, 1.165) is 96.3 Å². The molecule has 0 rings (SSSR count). The number of hydrogen-bond acceptors (Lipinski definition) is 6. The maximum atomic E-state index is 12.7. The first-order chi connectivity index (χ1) is 28.0. The molecule has 0 bridgehead atoms. The Hall–Kier alpha value is -2.63. The highest BCUT2D eigenvalue weighted by Gasteiger charge is 2.19. The van der Waals surface area contributed by atoms with Gasteiger partial charge in [-0.25, -0.2) is 0 Å². The zero-order chi connectivity index (χ0) is 41.5. The maximum absolute atomic E-state index is 12.7. The van der Waals surface area contributed by atoms with Crippen LogP contribution in [0.4, 0.5) is 0 Å². The highest BCUT2D eigenvalue weighted by Crippen LogP contribution is 2.15. The molecule has 0 aliphatic carbocycles. The first-order valence-corrected chi connectivity index (χ1v) is 24.1. The monoisotopic (exact) mass is 799 g/mol. The van der Waals surface area contributed by atoms with Crippen LogP contribution in [0, 0.1) is 0 Å². The molecule has 57 heavy (non-hydrogen) atoms. The lowest BCUT2D eigenvalue weighted by molar-refractivity contribution is -0.167. The van der Waals surface area contributed by atoms with Crippen LogP contribution in [0.1, 0.15) is 239 Å². The van der Waals surface area contributed by atoms with Gasteiger partial charge in [0.15, 0.2) is 6.10 Å². The summed E-state index contributed by atoms with van der Waals surface area (Å²) < 4.78 is 16.7. The third-order valence-electron chi connectivity index (χ3n) is 10.3. The second kappa shape index (κ2) is 46.1. The second-order valence-electron chi connectivity index (χ2n) is 16.0. The van der Waals surface area contributed by atoms with Gasteiger partial charge in [0.25, 0.3) is 0 Å². The van der Waals surface area contributed by atoms with Gasteiger partial charge in [0, 0.05) is 19.3 Å². The van der Waals surface area contributed by atoms with Crippen molar-refractivity contribution in [2.24, 2.45) is 0 Å². The Kier molecular flexibility index (Phi) is 43.9. The molecule has 6 nitrogen and oxygen atoms in total. The first-order valence-electron chi connectivity index (χ1n) is 24.1. The highest BCUT2D eigenvalue weighted by molar-refractivity contribution is 5.71. The van der Waals surface area contributed by atoms with Crippen molar-refractivity contribution >= 4 is 17.9 Å². The molecule has 0 spiro atoms. The van der Waals surface area contributed by atoms with Crippen LogP contribution in [0.15, 0.2) is 48.6 Å². The SMILES string of the molecule is CC/C=C\C/C=C\C/C=C\C/C=C\CCCCCCC(=O)OC[C@H](COC(=O)CCCCCCCCCCCCC)OC(=O)CCCCCCCCCCCCC. The number of hydrogen-bond donors (Lipinski definition) is 0. The largest absolute Gasteiger partial charge is 0.462 e. The third-order valence-corrected chi connectivity index (χ3v) is 10.3. The van der Waals surface area contributed by atoms with Crippen LogP contribution in [-0.4, -0.2) is 37.2 Å². The molecule has 0 radical (unpaired) electrons. The fourth-order valence-electron chi connectivity index (χ4n) is 6.73. The Bertz CT molecular complexity index is 1010. The minimum absolute atomic E-state index is 0.0779. The van der Waals surface area contributed by atoms with Gasteiger partial charge in [-0.3, -0.25) is 14.4 Å². The lowest BCUT2D eigenvalue weighted by Crippen LogP contribution is -2.30. The molecule has 0 aromatic heterocycles. The number of rotatable bonds is 43. The summed E-state index contributed by atoms with van der Waals surface area (Å²) in [5.74, 6) is -0.900. The predicted molar refractivity (Wildman–Crippen MR) is 242 cm³/mol. The van der Waals surface area contributed by atoms with Crippen LogP contribution in [0.25, 0.3) is 0 Å². The van der Waals surface area contributed by atoms with Gasteiger partial charge in [0.05, 0.1) is 0 Å². The third kappa shape index (κ3) is 44.3. The zero-order valence-corrected chi connectivity index (χ0v) is 37.6. The van der Waals surface area contributed by atoms with E-state index in [2.05, 4.69) is 69.4 Å². The number of carbonyl (C=O) groups is 3. The molecule has 0 saturated carbocycles. The van der Waals surface area contributed by atoms with Crippen molar-refractivity contribution in [3.8, 4) is 0 Å². The van der Waals surface area contributed by atoms with Gasteiger partial charge in [0.2, 0.25) is 0 Å². The molecule has 0 amide bonds. The molecular formula is C51H90O6. The number of carbonyl (C=O) groups excluding carboxylic acids is 3. The van der Waals surface area contributed by atoms with Gasteiger partial charge in [-0.05, 0) is 57.8 Å². The Labute approximate surface area is 352 Å². The molecule has 0 aliphatic rings. The van der Waals surface area contributed by atoms with E-state index < -0.39 is 6.10 Å². The maximum Gasteiger partial charge on any atom is 0.306 e. The predicted octanol–water partition coefficient (Wildman–Crippen LogP) is 15.5. The number of unbranched alkanes of at least 4 members (excludes halogenated alkanes) is 24. The summed E-state index contributed by atoms with van der Waals surface area (Å²) in [6.07, 6.45) is 53.7. The van der Waals surface area contributed by atoms with Crippen LogP contribution in [0.5, 0.6) is 0 Å². The van der Waals surface area contributed by atoms with Crippen LogP contribution < -0.4 is 0 Å². The molecule has 0 saturated heterocycles. The van der Waals surface area contributed by atoms with E-state index in [-0.39, 0.29) is 31.1 Å². The number of esters is 3. The van der Waals surface area contributed by atoms with Crippen LogP contribution >= 0.6 is 0 Å². The van der Waals surface area contributed by atoms with Gasteiger partial charge in [-0.1, -0.05) is 211 Å². The molecule has 0 unspecified atom stereocenters. The van der Waals surface area contributed by atoms with Crippen LogP contribution in [-0.2, 0) is 28.6 Å². The summed E-state index contributed by atoms with van der Waals surface area (Å²) in [4.78, 5) is 37.8. The van der Waals surface area contributed by atoms with E-state index in [9.17, 15) is 14.4 Å². The molecular weight excluding hydrogens is 709 g/mol. The molecule has 0 heterocycles. The van der Waals surface area contributed by atoms with Crippen molar-refractivity contribution in [2.45, 2.75) is 245 Å². The molecule has 0 aromatic carbocycles. The summed E-state index contributed by atoms with van der Waals surface area (Å²) in [5, 5.41) is 0. The molecule has 1 atom stereocenters. The standard InChI is InChI=1S/C51H90O6/c1-4-7-10-13-16-19-22-23-24-25-26-27-30-32-35-38-41-44-50(53)56-47-48(57-51(54)45-42-39-36-33-29-21-18-15-12-9-6-3)46-55-49(52)43-40-37-34-31-28-20-17-14-11-8-5-2/h7,10,16,19,23-24,26-27,48H,4-6,8-9,11-15,17-18,20-22,25,28-47H2,1-3H3/b10-7-,19-16-,24-23-,27-26-/t48-/m0/s1. The minimum Gasteiger partial charge on any atom is -0.462 e. The van der Waals surface area contributed by atoms with Crippen LogP contribution in [0.2, 0.25) is 0 Å². The second-order valence-corrected chi connectivity index (χ2v) is 16.0. The van der Waals surface area contributed by atoms with Crippen molar-refractivity contribution in [3.05, 3.63) is 48.6 Å². The van der Waals surface area contributed by atoms with E-state index >= 15 is 0 Å². The van der Waals surface area contributed by atoms with E-state index in [1.54, 1.807) is 0 Å². The summed E-state index contributed by atoms with van der Waals surface area (Å²) in [7, 11) is 0. The summed E-state index contributed by atoms with van der Waals surface area (Å²) in [6.45, 7) is 6.49. The van der Waals surface area contributed by atoms with E-state index in [4.69, 9.17) is 14.2 Å². The van der Waals surface area contributed by atoms with E-state index in [1.807, 2.05) is 0 Å². The molecule has 330 valence electrons. The summed E-state index contributed by atoms with van der Waals surface area (Å²) >= 11 is 0. The number of ether oxygens (including phenoxy) is 3. The molecule has 0 N–H and O–H groups in total. The Morgan fingerprint density at radius 1 is 0.368 bits per heavy atom. The van der Waals surface area contributed by atoms with Gasteiger partial charge >= 0.3 is 17.9 Å². The summed E-state index contributed by atoms with van der Waals surface area (Å²) in [5.41, 5.74) is 0. The van der Waals surface area contributed by atoms with Gasteiger partial charge in [-0.15, -0.1) is 0 Å². The van der Waals surface area contributed by atoms with E-state index in [0.29, 0.717) is 19.3 Å². The zero-order valence-electron chi connectivity index (χ0n) is 37.6. The quantitative estimate of drug-likeness (QED) is 0.0265. The fourth-order valence-corrected chi connectivity index (χ4v) is 6.73. The lowest BCUT2D eigenvalue weighted by Gasteiger charge is -2.18. The Balaban J connectivity index is 4.38. The average Bonchev–Trinajstić information content (AvgIpc) is 3.21. The molecule has 0 aliphatic heterocycles. The normalized spacial score (nSPS) is 12.4. The van der Waals surface area contributed by atoms with Crippen LogP contribution in [0.3, 0.4) is 0 Å².